The Balaban J connectivity index is 4.72. The van der Waals surface area contributed by atoms with Gasteiger partial charge < -0.3 is 16.9 Å². The second-order valence-corrected chi connectivity index (χ2v) is 6.94. The molecule has 5 N–H and O–H groups in total. The molecule has 1 atom stereocenters. The molecule has 7 heteroatoms. The predicted octanol–water partition coefficient (Wildman–Crippen LogP) is 1.89. The van der Waals surface area contributed by atoms with E-state index in [0.29, 0.717) is 12.1 Å². The Morgan fingerprint density at radius 1 is 1.17 bits per heavy atom. The Labute approximate surface area is 145 Å². The fourth-order valence-electron chi connectivity index (χ4n) is 2.06. The van der Waals surface area contributed by atoms with Crippen LogP contribution in [0, 0.1) is 0 Å². The van der Waals surface area contributed by atoms with Crippen LogP contribution in [-0.2, 0) is 9.59 Å². The highest BCUT2D eigenvalue weighted by Gasteiger charge is 2.20. The SMILES string of the molecule is CCCCCCCC(=O)N[C@H](CC(N)=O)/C(C=NC(C)(C)C)=N/N. The lowest BCUT2D eigenvalue weighted by atomic mass is 10.1. The molecule has 2 amide bonds. The van der Waals surface area contributed by atoms with Crippen LogP contribution >= 0.6 is 0 Å². The number of rotatable bonds is 11. The van der Waals surface area contributed by atoms with Crippen molar-refractivity contribution < 1.29 is 9.59 Å². The van der Waals surface area contributed by atoms with Gasteiger partial charge in [0.15, 0.2) is 0 Å². The number of carbonyl (C=O) groups excluding carboxylic acids is 2. The summed E-state index contributed by atoms with van der Waals surface area (Å²) < 4.78 is 0. The maximum atomic E-state index is 12.1. The lowest BCUT2D eigenvalue weighted by Crippen LogP contribution is -2.44. The summed E-state index contributed by atoms with van der Waals surface area (Å²) in [6.45, 7) is 7.93. The van der Waals surface area contributed by atoms with Crippen molar-refractivity contribution in [2.45, 2.75) is 84.2 Å². The number of aliphatic imine (C=N–C) groups is 1. The number of hydrogen-bond donors (Lipinski definition) is 3. The van der Waals surface area contributed by atoms with Crippen molar-refractivity contribution in [3.63, 3.8) is 0 Å². The molecule has 0 fully saturated rings. The van der Waals surface area contributed by atoms with Crippen molar-refractivity contribution in [2.75, 3.05) is 0 Å². The van der Waals surface area contributed by atoms with Gasteiger partial charge in [-0.15, -0.1) is 0 Å². The first-order valence-corrected chi connectivity index (χ1v) is 8.60. The van der Waals surface area contributed by atoms with Crippen LogP contribution in [0.3, 0.4) is 0 Å². The number of unbranched alkanes of at least 4 members (excludes halogenated alkanes) is 4. The highest BCUT2D eigenvalue weighted by molar-refractivity contribution is 6.33. The number of nitrogens with zero attached hydrogens (tertiary/aromatic N) is 2. The molecule has 0 unspecified atom stereocenters. The van der Waals surface area contributed by atoms with E-state index in [9.17, 15) is 9.59 Å². The highest BCUT2D eigenvalue weighted by Crippen LogP contribution is 2.07. The molecule has 0 radical (unpaired) electrons. The predicted molar refractivity (Wildman–Crippen MR) is 99.0 cm³/mol. The summed E-state index contributed by atoms with van der Waals surface area (Å²) in [5, 5.41) is 6.45. The van der Waals surface area contributed by atoms with Crippen LogP contribution in [0.15, 0.2) is 10.1 Å². The molecule has 7 nitrogen and oxygen atoms in total. The van der Waals surface area contributed by atoms with E-state index in [1.165, 1.54) is 12.6 Å². The molecule has 0 aliphatic heterocycles. The second-order valence-electron chi connectivity index (χ2n) is 6.94. The van der Waals surface area contributed by atoms with Crippen LogP contribution in [-0.4, -0.2) is 35.3 Å². The van der Waals surface area contributed by atoms with E-state index in [1.807, 2.05) is 20.8 Å². The Hall–Kier alpha value is -1.92. The monoisotopic (exact) mass is 339 g/mol. The number of hydrogen-bond acceptors (Lipinski definition) is 5. The molecule has 0 spiro atoms. The van der Waals surface area contributed by atoms with Gasteiger partial charge in [0.2, 0.25) is 11.8 Å². The van der Waals surface area contributed by atoms with Gasteiger partial charge in [-0.1, -0.05) is 32.6 Å². The number of hydrazone groups is 1. The first kappa shape index (κ1) is 22.1. The van der Waals surface area contributed by atoms with Crippen LogP contribution < -0.4 is 16.9 Å². The summed E-state index contributed by atoms with van der Waals surface area (Å²) in [7, 11) is 0. The minimum absolute atomic E-state index is 0.0617. The topological polar surface area (TPSA) is 123 Å². The number of primary amides is 1. The third-order valence-corrected chi connectivity index (χ3v) is 3.34. The summed E-state index contributed by atoms with van der Waals surface area (Å²) in [6.07, 6.45) is 7.15. The molecule has 0 saturated heterocycles. The average Bonchev–Trinajstić information content (AvgIpc) is 2.45. The van der Waals surface area contributed by atoms with Gasteiger partial charge in [0.25, 0.3) is 0 Å². The summed E-state index contributed by atoms with van der Waals surface area (Å²) in [4.78, 5) is 27.7. The van der Waals surface area contributed by atoms with E-state index in [4.69, 9.17) is 11.6 Å². The van der Waals surface area contributed by atoms with Gasteiger partial charge in [0, 0.05) is 12.6 Å². The fraction of sp³-hybridized carbons (Fsp3) is 0.765. The maximum absolute atomic E-state index is 12.1. The van der Waals surface area contributed by atoms with Crippen molar-refractivity contribution in [3.8, 4) is 0 Å². The molecule has 0 aliphatic carbocycles. The van der Waals surface area contributed by atoms with E-state index in [1.54, 1.807) is 0 Å². The van der Waals surface area contributed by atoms with Crippen molar-refractivity contribution in [2.24, 2.45) is 21.7 Å². The zero-order chi connectivity index (χ0) is 18.6. The lowest BCUT2D eigenvalue weighted by Gasteiger charge is -2.18. The summed E-state index contributed by atoms with van der Waals surface area (Å²) in [6, 6.07) is -0.651. The highest BCUT2D eigenvalue weighted by atomic mass is 16.2. The van der Waals surface area contributed by atoms with Crippen molar-refractivity contribution >= 4 is 23.7 Å². The van der Waals surface area contributed by atoms with Gasteiger partial charge in [0.1, 0.15) is 5.71 Å². The molecule has 0 aromatic heterocycles. The molecule has 0 rings (SSSR count). The van der Waals surface area contributed by atoms with Gasteiger partial charge in [-0.3, -0.25) is 14.6 Å². The minimum atomic E-state index is -0.651. The molecule has 0 saturated carbocycles. The largest absolute Gasteiger partial charge is 0.370 e. The van der Waals surface area contributed by atoms with Crippen LogP contribution in [0.4, 0.5) is 0 Å². The third kappa shape index (κ3) is 11.6. The molecule has 0 aromatic carbocycles. The maximum Gasteiger partial charge on any atom is 0.220 e. The smallest absolute Gasteiger partial charge is 0.220 e. The standard InChI is InChI=1S/C17H33N5O2/c1-5-6-7-8-9-10-16(24)21-13(11-15(18)23)14(22-19)12-20-17(2,3)4/h12-13H,5-11,19H2,1-4H3,(H2,18,23)(H,21,24)/b20-12?,22-14+/t13-/m1/s1. The van der Waals surface area contributed by atoms with Crippen molar-refractivity contribution in [3.05, 3.63) is 0 Å². The van der Waals surface area contributed by atoms with Crippen LogP contribution in [0.1, 0.15) is 72.6 Å². The summed E-state index contributed by atoms with van der Waals surface area (Å²) >= 11 is 0. The molecule has 0 aromatic rings. The Morgan fingerprint density at radius 3 is 2.29 bits per heavy atom. The first-order valence-electron chi connectivity index (χ1n) is 8.60. The molecule has 24 heavy (non-hydrogen) atoms. The third-order valence-electron chi connectivity index (χ3n) is 3.34. The molecule has 138 valence electrons. The average molecular weight is 339 g/mol. The zero-order valence-corrected chi connectivity index (χ0v) is 15.5. The van der Waals surface area contributed by atoms with E-state index < -0.39 is 11.9 Å². The number of carbonyl (C=O) groups is 2. The van der Waals surface area contributed by atoms with Crippen LogP contribution in [0.25, 0.3) is 0 Å². The van der Waals surface area contributed by atoms with Crippen LogP contribution in [0.5, 0.6) is 0 Å². The summed E-state index contributed by atoms with van der Waals surface area (Å²) in [5.41, 5.74) is 5.30. The minimum Gasteiger partial charge on any atom is -0.370 e. The number of nitrogens with two attached hydrogens (primary N) is 2. The fourth-order valence-corrected chi connectivity index (χ4v) is 2.06. The molecular formula is C17H33N5O2. The Morgan fingerprint density at radius 2 is 1.79 bits per heavy atom. The lowest BCUT2D eigenvalue weighted by molar-refractivity contribution is -0.122. The van der Waals surface area contributed by atoms with E-state index >= 15 is 0 Å². The van der Waals surface area contributed by atoms with Gasteiger partial charge in [0.05, 0.1) is 18.0 Å². The van der Waals surface area contributed by atoms with Gasteiger partial charge in [-0.25, -0.2) is 0 Å². The van der Waals surface area contributed by atoms with Gasteiger partial charge in [-0.05, 0) is 27.2 Å². The Bertz CT molecular complexity index is 452. The first-order chi connectivity index (χ1) is 11.2. The second kappa shape index (κ2) is 11.6. The molecule has 0 bridgehead atoms. The van der Waals surface area contributed by atoms with E-state index in [-0.39, 0.29) is 17.9 Å². The van der Waals surface area contributed by atoms with Gasteiger partial charge >= 0.3 is 0 Å². The Kier molecular flexibility index (Phi) is 10.7. The number of nitrogens with one attached hydrogen (secondary N) is 1. The summed E-state index contributed by atoms with van der Waals surface area (Å²) in [5.74, 6) is 4.73. The van der Waals surface area contributed by atoms with Crippen molar-refractivity contribution in [1.82, 2.24) is 5.32 Å². The van der Waals surface area contributed by atoms with Crippen molar-refractivity contribution in [1.29, 1.82) is 0 Å². The molecule has 0 heterocycles. The van der Waals surface area contributed by atoms with Crippen LogP contribution in [0.2, 0.25) is 0 Å². The molecular weight excluding hydrogens is 306 g/mol. The van der Waals surface area contributed by atoms with E-state index in [0.717, 1.165) is 25.7 Å². The quantitative estimate of drug-likeness (QED) is 0.230. The molecule has 0 aliphatic rings. The van der Waals surface area contributed by atoms with E-state index in [2.05, 4.69) is 22.3 Å². The zero-order valence-electron chi connectivity index (χ0n) is 15.5. The van der Waals surface area contributed by atoms with Gasteiger partial charge in [-0.2, -0.15) is 5.10 Å². The number of amides is 2. The normalized spacial score (nSPS) is 13.9.